The van der Waals surface area contributed by atoms with Crippen LogP contribution in [0.5, 0.6) is 0 Å². The molecule has 1 rings (SSSR count). The molecule has 54 valence electrons. The number of nitrogens with zero attached hydrogens (tertiary/aromatic N) is 1. The van der Waals surface area contributed by atoms with Crippen molar-refractivity contribution in [2.24, 2.45) is 0 Å². The number of likely N-dealkylation sites (tertiary alicyclic amines) is 1. The summed E-state index contributed by atoms with van der Waals surface area (Å²) in [6.45, 7) is 2.33. The third-order valence-corrected chi connectivity index (χ3v) is 2.70. The van der Waals surface area contributed by atoms with Crippen LogP contribution < -0.4 is 0 Å². The van der Waals surface area contributed by atoms with E-state index in [0.29, 0.717) is 6.10 Å². The van der Waals surface area contributed by atoms with E-state index in [-0.39, 0.29) is 0 Å². The van der Waals surface area contributed by atoms with Crippen LogP contribution in [0.25, 0.3) is 0 Å². The topological polar surface area (TPSA) is 12.5 Å². The van der Waals surface area contributed by atoms with Crippen LogP contribution in [0.1, 0.15) is 6.42 Å². The fourth-order valence-corrected chi connectivity index (χ4v) is 1.72. The number of ether oxygens (including phenoxy) is 1. The molecule has 0 N–H and O–H groups in total. The molecule has 0 aromatic rings. The van der Waals surface area contributed by atoms with Gasteiger partial charge in [0, 0.05) is 20.2 Å². The van der Waals surface area contributed by atoms with Crippen molar-refractivity contribution in [1.82, 2.24) is 4.90 Å². The van der Waals surface area contributed by atoms with Gasteiger partial charge >= 0.3 is 0 Å². The molecule has 2 nitrogen and oxygen atoms in total. The van der Waals surface area contributed by atoms with E-state index >= 15 is 0 Å². The Kier molecular flexibility index (Phi) is 3.21. The highest BCUT2D eigenvalue weighted by Crippen LogP contribution is 2.12. The van der Waals surface area contributed by atoms with Gasteiger partial charge in [0.2, 0.25) is 0 Å². The molecule has 1 heterocycles. The number of alkyl halides is 1. The van der Waals surface area contributed by atoms with Gasteiger partial charge in [0.05, 0.1) is 10.7 Å². The van der Waals surface area contributed by atoms with E-state index in [9.17, 15) is 0 Å². The first-order chi connectivity index (χ1) is 4.36. The van der Waals surface area contributed by atoms with Crippen molar-refractivity contribution >= 4 is 22.6 Å². The van der Waals surface area contributed by atoms with Crippen LogP contribution in [0, 0.1) is 0 Å². The molecule has 0 spiro atoms. The molecule has 0 radical (unpaired) electrons. The second-order valence-corrected chi connectivity index (χ2v) is 3.03. The van der Waals surface area contributed by atoms with E-state index < -0.39 is 0 Å². The summed E-state index contributed by atoms with van der Waals surface area (Å²) in [4.78, 5) is 2.40. The zero-order chi connectivity index (χ0) is 6.69. The van der Waals surface area contributed by atoms with E-state index in [1.54, 1.807) is 7.11 Å². The van der Waals surface area contributed by atoms with Gasteiger partial charge in [-0.25, -0.2) is 0 Å². The normalized spacial score (nSPS) is 29.3. The Morgan fingerprint density at radius 3 is 2.89 bits per heavy atom. The minimum absolute atomic E-state index is 0.500. The van der Waals surface area contributed by atoms with Gasteiger partial charge in [-0.2, -0.15) is 0 Å². The molecule has 3 heteroatoms. The Hall–Kier alpha value is 0.650. The van der Waals surface area contributed by atoms with E-state index in [4.69, 9.17) is 4.74 Å². The third-order valence-electron chi connectivity index (χ3n) is 1.73. The van der Waals surface area contributed by atoms with Crippen LogP contribution in [-0.2, 0) is 4.74 Å². The fourth-order valence-electron chi connectivity index (χ4n) is 1.10. The van der Waals surface area contributed by atoms with Crippen molar-refractivity contribution in [3.63, 3.8) is 0 Å². The number of hydrogen-bond acceptors (Lipinski definition) is 2. The highest BCUT2D eigenvalue weighted by Gasteiger charge is 2.20. The van der Waals surface area contributed by atoms with E-state index in [2.05, 4.69) is 27.5 Å². The summed E-state index contributed by atoms with van der Waals surface area (Å²) in [5.74, 6) is 0. The lowest BCUT2D eigenvalue weighted by Crippen LogP contribution is -2.20. The van der Waals surface area contributed by atoms with Gasteiger partial charge in [0.1, 0.15) is 0 Å². The van der Waals surface area contributed by atoms with Crippen molar-refractivity contribution in [3.8, 4) is 0 Å². The van der Waals surface area contributed by atoms with Crippen LogP contribution in [0.3, 0.4) is 0 Å². The van der Waals surface area contributed by atoms with Gasteiger partial charge in [-0.05, 0) is 6.42 Å². The maximum absolute atomic E-state index is 5.20. The molecular weight excluding hydrogens is 229 g/mol. The summed E-state index contributed by atoms with van der Waals surface area (Å²) < 4.78 is 6.33. The summed E-state index contributed by atoms with van der Waals surface area (Å²) in [6.07, 6.45) is 1.71. The molecule has 1 saturated heterocycles. The van der Waals surface area contributed by atoms with Crippen molar-refractivity contribution in [2.75, 3.05) is 24.8 Å². The van der Waals surface area contributed by atoms with Crippen LogP contribution in [0.2, 0.25) is 0 Å². The molecule has 0 aromatic heterocycles. The average Bonchev–Trinajstić information content (AvgIpc) is 2.34. The summed E-state index contributed by atoms with van der Waals surface area (Å²) in [6, 6.07) is 0. The molecular formula is C6H12INO. The molecule has 1 atom stereocenters. The van der Waals surface area contributed by atoms with Gasteiger partial charge in [0.15, 0.2) is 0 Å². The lowest BCUT2D eigenvalue weighted by Gasteiger charge is -2.10. The summed E-state index contributed by atoms with van der Waals surface area (Å²) in [5, 5.41) is 0. The Bertz CT molecular complexity index is 79.1. The molecule has 1 aliphatic rings. The number of halogens is 1. The quantitative estimate of drug-likeness (QED) is 0.408. The molecule has 0 bridgehead atoms. The lowest BCUT2D eigenvalue weighted by atomic mass is 10.3. The SMILES string of the molecule is COC1CCN(CI)C1. The van der Waals surface area contributed by atoms with Crippen molar-refractivity contribution < 1.29 is 4.74 Å². The molecule has 9 heavy (non-hydrogen) atoms. The number of rotatable bonds is 2. The maximum Gasteiger partial charge on any atom is 0.0710 e. The van der Waals surface area contributed by atoms with E-state index in [1.807, 2.05) is 0 Å². The molecule has 0 aromatic carbocycles. The molecule has 0 saturated carbocycles. The predicted octanol–water partition coefficient (Wildman–Crippen LogP) is 1.10. The Balaban J connectivity index is 2.20. The van der Waals surface area contributed by atoms with Gasteiger partial charge < -0.3 is 4.74 Å². The predicted molar refractivity (Wildman–Crippen MR) is 45.9 cm³/mol. The number of hydrogen-bond donors (Lipinski definition) is 0. The fraction of sp³-hybridized carbons (Fsp3) is 1.00. The molecule has 0 aliphatic carbocycles. The first kappa shape index (κ1) is 7.75. The van der Waals surface area contributed by atoms with Crippen molar-refractivity contribution in [1.29, 1.82) is 0 Å². The van der Waals surface area contributed by atoms with Crippen molar-refractivity contribution in [2.45, 2.75) is 12.5 Å². The third kappa shape index (κ3) is 2.05. The Morgan fingerprint density at radius 2 is 2.56 bits per heavy atom. The van der Waals surface area contributed by atoms with Gasteiger partial charge in [-0.15, -0.1) is 0 Å². The monoisotopic (exact) mass is 241 g/mol. The van der Waals surface area contributed by atoms with Crippen LogP contribution in [0.15, 0.2) is 0 Å². The highest BCUT2D eigenvalue weighted by atomic mass is 127. The molecule has 1 fully saturated rings. The maximum atomic E-state index is 5.20. The van der Waals surface area contributed by atoms with Gasteiger partial charge in [0.25, 0.3) is 0 Å². The zero-order valence-corrected chi connectivity index (χ0v) is 7.80. The number of methoxy groups -OCH3 is 1. The molecule has 0 amide bonds. The molecule has 1 unspecified atom stereocenters. The van der Waals surface area contributed by atoms with Gasteiger partial charge in [-0.3, -0.25) is 4.90 Å². The van der Waals surface area contributed by atoms with Crippen LogP contribution in [0.4, 0.5) is 0 Å². The standard InChI is InChI=1S/C6H12INO/c1-9-6-2-3-8(4-6)5-7/h6H,2-5H2,1H3. The van der Waals surface area contributed by atoms with Crippen LogP contribution in [-0.4, -0.2) is 35.8 Å². The van der Waals surface area contributed by atoms with E-state index in [0.717, 1.165) is 11.1 Å². The second-order valence-electron chi connectivity index (χ2n) is 2.34. The summed E-state index contributed by atoms with van der Waals surface area (Å²) in [7, 11) is 1.79. The second kappa shape index (κ2) is 3.73. The van der Waals surface area contributed by atoms with Crippen LogP contribution >= 0.6 is 22.6 Å². The smallest absolute Gasteiger partial charge is 0.0710 e. The summed E-state index contributed by atoms with van der Waals surface area (Å²) in [5.41, 5.74) is 0. The summed E-state index contributed by atoms with van der Waals surface area (Å²) >= 11 is 2.39. The molecule has 1 aliphatic heterocycles. The zero-order valence-electron chi connectivity index (χ0n) is 5.64. The Morgan fingerprint density at radius 1 is 1.78 bits per heavy atom. The van der Waals surface area contributed by atoms with E-state index in [1.165, 1.54) is 13.0 Å². The highest BCUT2D eigenvalue weighted by molar-refractivity contribution is 14.1. The average molecular weight is 241 g/mol. The lowest BCUT2D eigenvalue weighted by molar-refractivity contribution is 0.111. The van der Waals surface area contributed by atoms with Crippen molar-refractivity contribution in [3.05, 3.63) is 0 Å². The minimum atomic E-state index is 0.500. The van der Waals surface area contributed by atoms with Gasteiger partial charge in [-0.1, -0.05) is 22.6 Å². The largest absolute Gasteiger partial charge is 0.380 e. The Labute approximate surface area is 69.7 Å². The first-order valence-electron chi connectivity index (χ1n) is 3.18. The first-order valence-corrected chi connectivity index (χ1v) is 4.70. The minimum Gasteiger partial charge on any atom is -0.380 e.